The van der Waals surface area contributed by atoms with Crippen molar-refractivity contribution >= 4 is 6.08 Å². The average molecular weight is 150 g/mol. The number of aromatic nitrogens is 2. The molecule has 0 bridgehead atoms. The average Bonchev–Trinajstić information content (AvgIpc) is 2.10. The molecule has 0 aliphatic carbocycles. The first kappa shape index (κ1) is 9.82. The molecule has 0 fully saturated rings. The van der Waals surface area contributed by atoms with Crippen molar-refractivity contribution in [2.24, 2.45) is 0 Å². The normalized spacial score (nSPS) is 7.91. The third kappa shape index (κ3) is 3.50. The lowest BCUT2D eigenvalue weighted by molar-refractivity contribution is 1.05. The number of nitrogens with zero attached hydrogens (tertiary/aromatic N) is 2. The van der Waals surface area contributed by atoms with Crippen LogP contribution in [0, 0.1) is 6.92 Å². The fourth-order valence-corrected chi connectivity index (χ4v) is 0.508. The summed E-state index contributed by atoms with van der Waals surface area (Å²) >= 11 is 0. The first-order valence-electron chi connectivity index (χ1n) is 3.74. The third-order valence-corrected chi connectivity index (χ3v) is 1.04. The molecule has 0 aliphatic rings. The Bertz CT molecular complexity index is 201. The van der Waals surface area contributed by atoms with Crippen LogP contribution in [0.2, 0.25) is 0 Å². The van der Waals surface area contributed by atoms with Crippen LogP contribution in [0.25, 0.3) is 6.08 Å². The predicted octanol–water partition coefficient (Wildman–Crippen LogP) is 2.45. The zero-order chi connectivity index (χ0) is 8.69. The summed E-state index contributed by atoms with van der Waals surface area (Å²) in [7, 11) is 0. The van der Waals surface area contributed by atoms with Gasteiger partial charge in [-0.3, -0.25) is 0 Å². The molecular formula is C9H14N2. The van der Waals surface area contributed by atoms with E-state index in [1.54, 1.807) is 18.5 Å². The lowest BCUT2D eigenvalue weighted by Crippen LogP contribution is -1.85. The van der Waals surface area contributed by atoms with Gasteiger partial charge in [0, 0.05) is 18.0 Å². The maximum absolute atomic E-state index is 3.97. The molecule has 0 saturated carbocycles. The van der Waals surface area contributed by atoms with Crippen molar-refractivity contribution in [2.75, 3.05) is 0 Å². The second-order valence-electron chi connectivity index (χ2n) is 1.77. The van der Waals surface area contributed by atoms with E-state index < -0.39 is 0 Å². The molecule has 0 N–H and O–H groups in total. The summed E-state index contributed by atoms with van der Waals surface area (Å²) < 4.78 is 0. The fourth-order valence-electron chi connectivity index (χ4n) is 0.508. The van der Waals surface area contributed by atoms with Gasteiger partial charge < -0.3 is 0 Å². The van der Waals surface area contributed by atoms with E-state index in [0.717, 1.165) is 11.4 Å². The molecule has 0 radical (unpaired) electrons. The lowest BCUT2D eigenvalue weighted by Gasteiger charge is -1.89. The minimum atomic E-state index is 0.792. The van der Waals surface area contributed by atoms with E-state index in [1.165, 1.54) is 0 Å². The number of hydrogen-bond donors (Lipinski definition) is 0. The smallest absolute Gasteiger partial charge is 0.125 e. The van der Waals surface area contributed by atoms with Crippen molar-refractivity contribution in [3.63, 3.8) is 0 Å². The molecule has 0 aromatic carbocycles. The molecule has 0 atom stereocenters. The zero-order valence-electron chi connectivity index (χ0n) is 7.33. The van der Waals surface area contributed by atoms with Crippen molar-refractivity contribution in [3.8, 4) is 0 Å². The van der Waals surface area contributed by atoms with Crippen LogP contribution in [-0.2, 0) is 0 Å². The molecule has 2 heteroatoms. The van der Waals surface area contributed by atoms with Gasteiger partial charge in [0.2, 0.25) is 0 Å². The van der Waals surface area contributed by atoms with Crippen LogP contribution in [0.5, 0.6) is 0 Å². The van der Waals surface area contributed by atoms with E-state index in [-0.39, 0.29) is 0 Å². The molecule has 2 nitrogen and oxygen atoms in total. The number of rotatable bonds is 1. The van der Waals surface area contributed by atoms with Gasteiger partial charge in [0.1, 0.15) is 5.82 Å². The zero-order valence-corrected chi connectivity index (χ0v) is 7.33. The van der Waals surface area contributed by atoms with Crippen molar-refractivity contribution in [3.05, 3.63) is 30.4 Å². The molecule has 0 aliphatic heterocycles. The monoisotopic (exact) mass is 150 g/mol. The minimum absolute atomic E-state index is 0.792. The van der Waals surface area contributed by atoms with Crippen molar-refractivity contribution < 1.29 is 0 Å². The van der Waals surface area contributed by atoms with Crippen LogP contribution in [-0.4, -0.2) is 9.97 Å². The van der Waals surface area contributed by atoms with Gasteiger partial charge in [0.25, 0.3) is 0 Å². The fraction of sp³-hybridized carbons (Fsp3) is 0.333. The highest BCUT2D eigenvalue weighted by molar-refractivity contribution is 5.42. The van der Waals surface area contributed by atoms with Crippen LogP contribution < -0.4 is 0 Å². The largest absolute Gasteiger partial charge is 0.241 e. The standard InChI is InChI=1S/C7H8N2.C2H6/c1-3-7-4-8-6(2)9-5-7;1-2/h3-5H,1H2,2H3;1-2H3. The molecule has 0 saturated heterocycles. The maximum atomic E-state index is 3.97. The molecule has 1 aromatic heterocycles. The summed E-state index contributed by atoms with van der Waals surface area (Å²) in [6.07, 6.45) is 5.21. The summed E-state index contributed by atoms with van der Waals surface area (Å²) in [6, 6.07) is 0. The van der Waals surface area contributed by atoms with Gasteiger partial charge in [0.15, 0.2) is 0 Å². The molecule has 0 spiro atoms. The molecule has 60 valence electrons. The van der Waals surface area contributed by atoms with Gasteiger partial charge in [-0.05, 0) is 6.92 Å². The van der Waals surface area contributed by atoms with Crippen molar-refractivity contribution in [1.82, 2.24) is 9.97 Å². The van der Waals surface area contributed by atoms with Gasteiger partial charge >= 0.3 is 0 Å². The van der Waals surface area contributed by atoms with E-state index in [9.17, 15) is 0 Å². The van der Waals surface area contributed by atoms with Crippen LogP contribution in [0.3, 0.4) is 0 Å². The second-order valence-corrected chi connectivity index (χ2v) is 1.77. The summed E-state index contributed by atoms with van der Waals surface area (Å²) in [6.45, 7) is 9.43. The molecule has 1 heterocycles. The van der Waals surface area contributed by atoms with E-state index >= 15 is 0 Å². The molecule has 1 rings (SSSR count). The third-order valence-electron chi connectivity index (χ3n) is 1.04. The first-order valence-corrected chi connectivity index (χ1v) is 3.74. The Labute approximate surface area is 68.0 Å². The van der Waals surface area contributed by atoms with Gasteiger partial charge in [0.05, 0.1) is 0 Å². The van der Waals surface area contributed by atoms with Crippen LogP contribution in [0.1, 0.15) is 25.2 Å². The first-order chi connectivity index (χ1) is 5.33. The van der Waals surface area contributed by atoms with Crippen LogP contribution in [0.4, 0.5) is 0 Å². The van der Waals surface area contributed by atoms with Gasteiger partial charge in [-0.15, -0.1) is 0 Å². The Morgan fingerprint density at radius 3 is 2.09 bits per heavy atom. The lowest BCUT2D eigenvalue weighted by atomic mass is 10.3. The SMILES string of the molecule is C=Cc1cnc(C)nc1.CC. The van der Waals surface area contributed by atoms with Gasteiger partial charge in [-0.1, -0.05) is 26.5 Å². The Balaban J connectivity index is 0.000000461. The number of hydrogen-bond acceptors (Lipinski definition) is 2. The molecule has 0 amide bonds. The van der Waals surface area contributed by atoms with Crippen LogP contribution in [0.15, 0.2) is 19.0 Å². The summed E-state index contributed by atoms with van der Waals surface area (Å²) in [5, 5.41) is 0. The molecule has 1 aromatic rings. The predicted molar refractivity (Wildman–Crippen MR) is 48.2 cm³/mol. The quantitative estimate of drug-likeness (QED) is 0.614. The molecule has 11 heavy (non-hydrogen) atoms. The number of aryl methyl sites for hydroxylation is 1. The maximum Gasteiger partial charge on any atom is 0.125 e. The van der Waals surface area contributed by atoms with Gasteiger partial charge in [-0.2, -0.15) is 0 Å². The minimum Gasteiger partial charge on any atom is -0.241 e. The summed E-state index contributed by atoms with van der Waals surface area (Å²) in [5.41, 5.74) is 0.959. The Morgan fingerprint density at radius 2 is 1.73 bits per heavy atom. The van der Waals surface area contributed by atoms with Crippen LogP contribution >= 0.6 is 0 Å². The Hall–Kier alpha value is -1.18. The second kappa shape index (κ2) is 5.59. The van der Waals surface area contributed by atoms with E-state index in [0.29, 0.717) is 0 Å². The highest BCUT2D eigenvalue weighted by atomic mass is 14.8. The highest BCUT2D eigenvalue weighted by Gasteiger charge is 1.84. The van der Waals surface area contributed by atoms with Crippen molar-refractivity contribution in [1.29, 1.82) is 0 Å². The summed E-state index contributed by atoms with van der Waals surface area (Å²) in [4.78, 5) is 7.94. The van der Waals surface area contributed by atoms with E-state index in [4.69, 9.17) is 0 Å². The Morgan fingerprint density at radius 1 is 1.27 bits per heavy atom. The van der Waals surface area contributed by atoms with E-state index in [2.05, 4.69) is 16.5 Å². The molecule has 0 unspecified atom stereocenters. The van der Waals surface area contributed by atoms with E-state index in [1.807, 2.05) is 20.8 Å². The van der Waals surface area contributed by atoms with Crippen molar-refractivity contribution in [2.45, 2.75) is 20.8 Å². The Kier molecular flexibility index (Phi) is 4.99. The van der Waals surface area contributed by atoms with Gasteiger partial charge in [-0.25, -0.2) is 9.97 Å². The summed E-state index contributed by atoms with van der Waals surface area (Å²) in [5.74, 6) is 0.792. The highest BCUT2D eigenvalue weighted by Crippen LogP contribution is 1.94. The topological polar surface area (TPSA) is 25.8 Å². The molecular weight excluding hydrogens is 136 g/mol.